The molecule has 1 amide bonds. The van der Waals surface area contributed by atoms with Crippen LogP contribution in [0, 0.1) is 0 Å². The highest BCUT2D eigenvalue weighted by molar-refractivity contribution is 7.13. The lowest BCUT2D eigenvalue weighted by molar-refractivity contribution is -0.120. The van der Waals surface area contributed by atoms with Crippen LogP contribution in [0.5, 0.6) is 11.5 Å². The van der Waals surface area contributed by atoms with Gasteiger partial charge in [-0.3, -0.25) is 9.48 Å². The largest absolute Gasteiger partial charge is 0.493 e. The molecule has 7 heteroatoms. The molecule has 0 saturated carbocycles. The fraction of sp³-hybridized carbons (Fsp3) is 0.263. The molecule has 0 saturated heterocycles. The van der Waals surface area contributed by atoms with E-state index >= 15 is 0 Å². The van der Waals surface area contributed by atoms with Crippen molar-refractivity contribution < 1.29 is 14.3 Å². The second-order valence-corrected chi connectivity index (χ2v) is 6.61. The Morgan fingerprint density at radius 3 is 2.77 bits per heavy atom. The quantitative estimate of drug-likeness (QED) is 0.661. The third-order valence-corrected chi connectivity index (χ3v) is 4.78. The van der Waals surface area contributed by atoms with E-state index < -0.39 is 0 Å². The SMILES string of the molecule is COc1ccc(CC(=O)NCCn2ccc(-c3cccs3)n2)cc1OC. The van der Waals surface area contributed by atoms with Crippen molar-refractivity contribution in [3.63, 3.8) is 0 Å². The van der Waals surface area contributed by atoms with Crippen molar-refractivity contribution in [1.82, 2.24) is 15.1 Å². The van der Waals surface area contributed by atoms with E-state index in [0.717, 1.165) is 16.1 Å². The lowest BCUT2D eigenvalue weighted by Gasteiger charge is -2.10. The second-order valence-electron chi connectivity index (χ2n) is 5.66. The van der Waals surface area contributed by atoms with Crippen molar-refractivity contribution in [2.24, 2.45) is 0 Å². The summed E-state index contributed by atoms with van der Waals surface area (Å²) >= 11 is 1.66. The van der Waals surface area contributed by atoms with Crippen LogP contribution in [-0.2, 0) is 17.8 Å². The maximum Gasteiger partial charge on any atom is 0.224 e. The zero-order valence-corrected chi connectivity index (χ0v) is 15.6. The minimum absolute atomic E-state index is 0.0390. The van der Waals surface area contributed by atoms with Crippen LogP contribution in [0.25, 0.3) is 10.6 Å². The minimum Gasteiger partial charge on any atom is -0.493 e. The van der Waals surface area contributed by atoms with Gasteiger partial charge in [0, 0.05) is 12.7 Å². The molecule has 2 aromatic heterocycles. The predicted octanol–water partition coefficient (Wildman–Crippen LogP) is 2.99. The summed E-state index contributed by atoms with van der Waals surface area (Å²) in [5.41, 5.74) is 1.83. The van der Waals surface area contributed by atoms with Gasteiger partial charge in [-0.2, -0.15) is 5.10 Å². The summed E-state index contributed by atoms with van der Waals surface area (Å²) in [6.07, 6.45) is 2.22. The summed E-state index contributed by atoms with van der Waals surface area (Å²) in [7, 11) is 3.17. The summed E-state index contributed by atoms with van der Waals surface area (Å²) in [5, 5.41) is 9.47. The molecule has 1 aromatic carbocycles. The van der Waals surface area contributed by atoms with Gasteiger partial charge in [0.15, 0.2) is 11.5 Å². The van der Waals surface area contributed by atoms with E-state index in [2.05, 4.69) is 10.4 Å². The molecule has 136 valence electrons. The van der Waals surface area contributed by atoms with Crippen LogP contribution in [0.2, 0.25) is 0 Å². The Morgan fingerprint density at radius 1 is 1.19 bits per heavy atom. The molecule has 1 N–H and O–H groups in total. The van der Waals surface area contributed by atoms with Crippen LogP contribution in [0.15, 0.2) is 48.0 Å². The molecule has 0 radical (unpaired) electrons. The Labute approximate surface area is 156 Å². The first kappa shape index (κ1) is 18.0. The summed E-state index contributed by atoms with van der Waals surface area (Å²) < 4.78 is 12.3. The smallest absolute Gasteiger partial charge is 0.224 e. The predicted molar refractivity (Wildman–Crippen MR) is 102 cm³/mol. The van der Waals surface area contributed by atoms with Crippen LogP contribution >= 0.6 is 11.3 Å². The topological polar surface area (TPSA) is 65.4 Å². The number of methoxy groups -OCH3 is 2. The van der Waals surface area contributed by atoms with Crippen molar-refractivity contribution in [3.05, 3.63) is 53.5 Å². The number of carbonyl (C=O) groups is 1. The summed E-state index contributed by atoms with van der Waals surface area (Å²) in [6, 6.07) is 11.5. The molecular weight excluding hydrogens is 350 g/mol. The molecule has 0 aliphatic carbocycles. The highest BCUT2D eigenvalue weighted by atomic mass is 32.1. The van der Waals surface area contributed by atoms with Gasteiger partial charge in [-0.15, -0.1) is 11.3 Å². The normalized spacial score (nSPS) is 10.5. The van der Waals surface area contributed by atoms with Gasteiger partial charge in [0.2, 0.25) is 5.91 Å². The Kier molecular flexibility index (Phi) is 5.91. The van der Waals surface area contributed by atoms with E-state index in [1.54, 1.807) is 31.6 Å². The first-order chi connectivity index (χ1) is 12.7. The van der Waals surface area contributed by atoms with Gasteiger partial charge >= 0.3 is 0 Å². The summed E-state index contributed by atoms with van der Waals surface area (Å²) in [5.74, 6) is 1.23. The van der Waals surface area contributed by atoms with E-state index in [9.17, 15) is 4.79 Å². The van der Waals surface area contributed by atoms with Crippen LogP contribution < -0.4 is 14.8 Å². The van der Waals surface area contributed by atoms with Crippen molar-refractivity contribution in [2.45, 2.75) is 13.0 Å². The molecule has 2 heterocycles. The zero-order valence-electron chi connectivity index (χ0n) is 14.8. The Morgan fingerprint density at radius 2 is 2.04 bits per heavy atom. The number of benzene rings is 1. The molecule has 0 aliphatic rings. The Bertz CT molecular complexity index is 859. The molecular formula is C19H21N3O3S. The molecule has 0 spiro atoms. The number of amides is 1. The molecule has 0 fully saturated rings. The summed E-state index contributed by atoms with van der Waals surface area (Å²) in [6.45, 7) is 1.15. The first-order valence-corrected chi connectivity index (χ1v) is 9.12. The number of hydrogen-bond acceptors (Lipinski definition) is 5. The number of hydrogen-bond donors (Lipinski definition) is 1. The minimum atomic E-state index is -0.0390. The summed E-state index contributed by atoms with van der Waals surface area (Å²) in [4.78, 5) is 13.3. The lowest BCUT2D eigenvalue weighted by Crippen LogP contribution is -2.28. The number of thiophene rings is 1. The van der Waals surface area contributed by atoms with E-state index in [4.69, 9.17) is 9.47 Å². The van der Waals surface area contributed by atoms with Gasteiger partial charge in [-0.05, 0) is 35.2 Å². The highest BCUT2D eigenvalue weighted by Crippen LogP contribution is 2.27. The fourth-order valence-corrected chi connectivity index (χ4v) is 3.28. The molecule has 3 rings (SSSR count). The van der Waals surface area contributed by atoms with E-state index in [0.29, 0.717) is 31.0 Å². The van der Waals surface area contributed by atoms with Crippen LogP contribution in [0.3, 0.4) is 0 Å². The van der Waals surface area contributed by atoms with Gasteiger partial charge in [0.1, 0.15) is 5.69 Å². The number of nitrogens with one attached hydrogen (secondary N) is 1. The van der Waals surface area contributed by atoms with Gasteiger partial charge in [0.25, 0.3) is 0 Å². The molecule has 26 heavy (non-hydrogen) atoms. The first-order valence-electron chi connectivity index (χ1n) is 8.24. The van der Waals surface area contributed by atoms with Gasteiger partial charge < -0.3 is 14.8 Å². The molecule has 6 nitrogen and oxygen atoms in total. The van der Waals surface area contributed by atoms with E-state index in [-0.39, 0.29) is 5.91 Å². The van der Waals surface area contributed by atoms with Crippen molar-refractivity contribution >= 4 is 17.2 Å². The number of carbonyl (C=O) groups excluding carboxylic acids is 1. The third-order valence-electron chi connectivity index (χ3n) is 3.89. The average Bonchev–Trinajstić information content (AvgIpc) is 3.33. The molecule has 0 bridgehead atoms. The second kappa shape index (κ2) is 8.53. The Balaban J connectivity index is 1.49. The van der Waals surface area contributed by atoms with Gasteiger partial charge in [-0.25, -0.2) is 0 Å². The number of ether oxygens (including phenoxy) is 2. The Hall–Kier alpha value is -2.80. The maximum atomic E-state index is 12.1. The third kappa shape index (κ3) is 4.43. The van der Waals surface area contributed by atoms with Crippen LogP contribution in [0.1, 0.15) is 5.56 Å². The zero-order chi connectivity index (χ0) is 18.4. The highest BCUT2D eigenvalue weighted by Gasteiger charge is 2.08. The number of rotatable bonds is 8. The average molecular weight is 371 g/mol. The van der Waals surface area contributed by atoms with E-state index in [1.165, 1.54) is 0 Å². The molecule has 0 unspecified atom stereocenters. The van der Waals surface area contributed by atoms with E-state index in [1.807, 2.05) is 46.6 Å². The molecule has 0 aliphatic heterocycles. The molecule has 0 atom stereocenters. The van der Waals surface area contributed by atoms with Crippen LogP contribution in [0.4, 0.5) is 0 Å². The monoisotopic (exact) mass is 371 g/mol. The lowest BCUT2D eigenvalue weighted by atomic mass is 10.1. The van der Waals surface area contributed by atoms with Crippen molar-refractivity contribution in [3.8, 4) is 22.1 Å². The number of nitrogens with zero attached hydrogens (tertiary/aromatic N) is 2. The van der Waals surface area contributed by atoms with Gasteiger partial charge in [0.05, 0.1) is 32.1 Å². The van der Waals surface area contributed by atoms with Crippen molar-refractivity contribution in [2.75, 3.05) is 20.8 Å². The van der Waals surface area contributed by atoms with Crippen molar-refractivity contribution in [1.29, 1.82) is 0 Å². The fourth-order valence-electron chi connectivity index (χ4n) is 2.59. The molecule has 3 aromatic rings. The van der Waals surface area contributed by atoms with Crippen LogP contribution in [-0.4, -0.2) is 36.5 Å². The number of aromatic nitrogens is 2. The van der Waals surface area contributed by atoms with Gasteiger partial charge in [-0.1, -0.05) is 12.1 Å². The maximum absolute atomic E-state index is 12.1. The standard InChI is InChI=1S/C19H21N3O3S/c1-24-16-6-5-14(12-17(16)25-2)13-19(23)20-8-10-22-9-7-15(21-22)18-4-3-11-26-18/h3-7,9,11-12H,8,10,13H2,1-2H3,(H,20,23).